The van der Waals surface area contributed by atoms with Gasteiger partial charge in [0.25, 0.3) is 0 Å². The summed E-state index contributed by atoms with van der Waals surface area (Å²) in [7, 11) is -3.44. The monoisotopic (exact) mass is 369 g/mol. The van der Waals surface area contributed by atoms with Crippen molar-refractivity contribution < 1.29 is 8.42 Å². The topological polar surface area (TPSA) is 71.1 Å². The molecule has 5 nitrogen and oxygen atoms in total. The van der Waals surface area contributed by atoms with Crippen LogP contribution >= 0.6 is 0 Å². The van der Waals surface area contributed by atoms with Crippen molar-refractivity contribution in [1.82, 2.24) is 9.71 Å². The molecule has 0 spiro atoms. The molecule has 1 aromatic carbocycles. The first-order valence-corrected chi connectivity index (χ1v) is 10.9. The Balaban J connectivity index is 1.18. The van der Waals surface area contributed by atoms with E-state index in [0.29, 0.717) is 24.3 Å². The second-order valence-corrected chi connectivity index (χ2v) is 9.58. The maximum atomic E-state index is 12.2. The van der Waals surface area contributed by atoms with Crippen LogP contribution in [0, 0.1) is 17.8 Å². The third-order valence-corrected chi connectivity index (χ3v) is 7.43. The molecule has 2 saturated carbocycles. The molecule has 6 heteroatoms. The fourth-order valence-corrected chi connectivity index (χ4v) is 5.32. The third kappa shape index (κ3) is 3.01. The van der Waals surface area contributed by atoms with E-state index in [1.165, 1.54) is 23.7 Å². The van der Waals surface area contributed by atoms with Crippen molar-refractivity contribution >= 4 is 15.8 Å². The number of aromatic nitrogens is 1. The first-order valence-electron chi connectivity index (χ1n) is 9.39. The van der Waals surface area contributed by atoms with E-state index in [2.05, 4.69) is 39.3 Å². The quantitative estimate of drug-likeness (QED) is 0.787. The minimum Gasteiger partial charge on any atom is -0.370 e. The van der Waals surface area contributed by atoms with Crippen LogP contribution in [0.15, 0.2) is 47.5 Å². The molecule has 2 N–H and O–H groups in total. The third-order valence-electron chi connectivity index (χ3n) is 6.03. The molecule has 3 unspecified atom stereocenters. The summed E-state index contributed by atoms with van der Waals surface area (Å²) in [6.45, 7) is 1.43. The van der Waals surface area contributed by atoms with E-state index in [9.17, 15) is 8.42 Å². The fourth-order valence-electron chi connectivity index (χ4n) is 4.26. The summed E-state index contributed by atoms with van der Waals surface area (Å²) in [6.07, 6.45) is 4.87. The van der Waals surface area contributed by atoms with Crippen LogP contribution < -0.4 is 10.0 Å². The zero-order valence-corrected chi connectivity index (χ0v) is 15.4. The van der Waals surface area contributed by atoms with E-state index in [-0.39, 0.29) is 4.90 Å². The summed E-state index contributed by atoms with van der Waals surface area (Å²) < 4.78 is 27.1. The van der Waals surface area contributed by atoms with Crippen LogP contribution in [0.3, 0.4) is 0 Å². The van der Waals surface area contributed by atoms with Gasteiger partial charge < -0.3 is 5.32 Å². The Kier molecular flexibility index (Phi) is 3.79. The molecular formula is C20H23N3O2S. The lowest BCUT2D eigenvalue weighted by molar-refractivity contribution is 0.577. The number of fused-ring (bicyclic) bond motifs is 3. The van der Waals surface area contributed by atoms with Crippen molar-refractivity contribution in [3.63, 3.8) is 0 Å². The van der Waals surface area contributed by atoms with Gasteiger partial charge in [-0.25, -0.2) is 18.1 Å². The lowest BCUT2D eigenvalue weighted by Gasteiger charge is -2.10. The second kappa shape index (κ2) is 6.06. The normalized spacial score (nSPS) is 26.2. The van der Waals surface area contributed by atoms with Gasteiger partial charge in [-0.15, -0.1) is 0 Å². The van der Waals surface area contributed by atoms with E-state index < -0.39 is 10.0 Å². The number of anilines is 1. The number of hydrogen-bond acceptors (Lipinski definition) is 4. The standard InChI is InChI=1S/C20H23N3O2S/c24-26(25,23-10-13-5-6-13)15-7-8-19(21-11-15)22-12-18-17-9-14-3-1-2-4-16(14)20(17)18/h1-4,7-8,11,13,17-18,20,23H,5-6,9-10,12H2,(H,21,22). The van der Waals surface area contributed by atoms with Crippen molar-refractivity contribution in [1.29, 1.82) is 0 Å². The first kappa shape index (κ1) is 16.3. The maximum Gasteiger partial charge on any atom is 0.242 e. The molecule has 1 aromatic heterocycles. The largest absolute Gasteiger partial charge is 0.370 e. The molecule has 0 amide bonds. The summed E-state index contributed by atoms with van der Waals surface area (Å²) in [5.74, 6) is 3.36. The maximum absolute atomic E-state index is 12.2. The summed E-state index contributed by atoms with van der Waals surface area (Å²) in [6, 6.07) is 12.1. The summed E-state index contributed by atoms with van der Waals surface area (Å²) in [4.78, 5) is 4.53. The molecule has 5 rings (SSSR count). The van der Waals surface area contributed by atoms with Gasteiger partial charge >= 0.3 is 0 Å². The molecule has 2 aromatic rings. The molecule has 0 bridgehead atoms. The van der Waals surface area contributed by atoms with Crippen LogP contribution in [-0.2, 0) is 16.4 Å². The number of pyridine rings is 1. The van der Waals surface area contributed by atoms with Crippen LogP contribution in [-0.4, -0.2) is 26.5 Å². The molecule has 0 aliphatic heterocycles. The van der Waals surface area contributed by atoms with Gasteiger partial charge in [0, 0.05) is 19.3 Å². The van der Waals surface area contributed by atoms with E-state index in [1.54, 1.807) is 12.1 Å². The Bertz CT molecular complexity index is 922. The van der Waals surface area contributed by atoms with Crippen LogP contribution in [0.1, 0.15) is 29.9 Å². The average molecular weight is 369 g/mol. The van der Waals surface area contributed by atoms with E-state index in [4.69, 9.17) is 0 Å². The van der Waals surface area contributed by atoms with Gasteiger partial charge in [-0.2, -0.15) is 0 Å². The van der Waals surface area contributed by atoms with Crippen molar-refractivity contribution in [2.75, 3.05) is 18.4 Å². The highest BCUT2D eigenvalue weighted by Crippen LogP contribution is 2.61. The van der Waals surface area contributed by atoms with E-state index in [1.807, 2.05) is 0 Å². The zero-order chi connectivity index (χ0) is 17.7. The summed E-state index contributed by atoms with van der Waals surface area (Å²) >= 11 is 0. The van der Waals surface area contributed by atoms with E-state index in [0.717, 1.165) is 31.1 Å². The van der Waals surface area contributed by atoms with E-state index >= 15 is 0 Å². The molecule has 3 aliphatic rings. The van der Waals surface area contributed by atoms with Crippen LogP contribution in [0.2, 0.25) is 0 Å². The molecule has 26 heavy (non-hydrogen) atoms. The Morgan fingerprint density at radius 1 is 1.08 bits per heavy atom. The fraction of sp³-hybridized carbons (Fsp3) is 0.450. The Labute approximate surface area is 154 Å². The van der Waals surface area contributed by atoms with Crippen molar-refractivity contribution in [3.05, 3.63) is 53.7 Å². The molecule has 3 atom stereocenters. The van der Waals surface area contributed by atoms with Gasteiger partial charge in [-0.3, -0.25) is 0 Å². The zero-order valence-electron chi connectivity index (χ0n) is 14.6. The smallest absolute Gasteiger partial charge is 0.242 e. The van der Waals surface area contributed by atoms with Crippen molar-refractivity contribution in [2.45, 2.75) is 30.1 Å². The SMILES string of the molecule is O=S(=O)(NCC1CC1)c1ccc(NCC2C3Cc4ccccc4C23)nc1. The second-order valence-electron chi connectivity index (χ2n) is 7.81. The van der Waals surface area contributed by atoms with Crippen LogP contribution in [0.4, 0.5) is 5.82 Å². The molecule has 2 fully saturated rings. The lowest BCUT2D eigenvalue weighted by atomic mass is 10.0. The van der Waals surface area contributed by atoms with Crippen molar-refractivity contribution in [3.8, 4) is 0 Å². The molecular weight excluding hydrogens is 346 g/mol. The molecule has 0 radical (unpaired) electrons. The first-order chi connectivity index (χ1) is 12.6. The number of nitrogens with zero attached hydrogens (tertiary/aromatic N) is 1. The number of benzene rings is 1. The van der Waals surface area contributed by atoms with Gasteiger partial charge in [-0.1, -0.05) is 24.3 Å². The predicted octanol–water partition coefficient (Wildman–Crippen LogP) is 2.77. The van der Waals surface area contributed by atoms with Crippen molar-refractivity contribution in [2.24, 2.45) is 17.8 Å². The molecule has 3 aliphatic carbocycles. The molecule has 0 saturated heterocycles. The minimum atomic E-state index is -3.44. The number of rotatable bonds is 7. The highest BCUT2D eigenvalue weighted by molar-refractivity contribution is 7.89. The van der Waals surface area contributed by atoms with Crippen LogP contribution in [0.25, 0.3) is 0 Å². The predicted molar refractivity (Wildman–Crippen MR) is 101 cm³/mol. The summed E-state index contributed by atoms with van der Waals surface area (Å²) in [5, 5.41) is 3.38. The van der Waals surface area contributed by atoms with Gasteiger partial charge in [0.2, 0.25) is 10.0 Å². The Morgan fingerprint density at radius 2 is 1.92 bits per heavy atom. The Morgan fingerprint density at radius 3 is 2.69 bits per heavy atom. The van der Waals surface area contributed by atoms with Gasteiger partial charge in [0.05, 0.1) is 0 Å². The minimum absolute atomic E-state index is 0.237. The lowest BCUT2D eigenvalue weighted by Crippen LogP contribution is -2.26. The van der Waals surface area contributed by atoms with Gasteiger partial charge in [0.15, 0.2) is 0 Å². The highest BCUT2D eigenvalue weighted by Gasteiger charge is 2.54. The van der Waals surface area contributed by atoms with Gasteiger partial charge in [-0.05, 0) is 66.2 Å². The van der Waals surface area contributed by atoms with Crippen LogP contribution in [0.5, 0.6) is 0 Å². The number of hydrogen-bond donors (Lipinski definition) is 2. The number of nitrogens with one attached hydrogen (secondary N) is 2. The average Bonchev–Trinajstić information content (AvgIpc) is 3.56. The molecule has 136 valence electrons. The highest BCUT2D eigenvalue weighted by atomic mass is 32.2. The molecule has 1 heterocycles. The summed E-state index contributed by atoms with van der Waals surface area (Å²) in [5.41, 5.74) is 3.02. The van der Waals surface area contributed by atoms with Gasteiger partial charge in [0.1, 0.15) is 10.7 Å². The Hall–Kier alpha value is -1.92. The number of sulfonamides is 1.